The zero-order chi connectivity index (χ0) is 12.2. The van der Waals surface area contributed by atoms with Gasteiger partial charge >= 0.3 is 0 Å². The van der Waals surface area contributed by atoms with Crippen molar-refractivity contribution in [2.45, 2.75) is 31.2 Å². The smallest absolute Gasteiger partial charge is 0.178 e. The SMILES string of the molecule is CC[C@@H](N)[C@H](C)CS(=O)(=O)c1ccccc1. The molecule has 0 radical (unpaired) electrons. The zero-order valence-corrected chi connectivity index (χ0v) is 10.6. The highest BCUT2D eigenvalue weighted by molar-refractivity contribution is 7.91. The highest BCUT2D eigenvalue weighted by Crippen LogP contribution is 2.15. The molecule has 3 nitrogen and oxygen atoms in total. The first-order valence-corrected chi connectivity index (χ1v) is 7.16. The van der Waals surface area contributed by atoms with Crippen molar-refractivity contribution in [3.8, 4) is 0 Å². The number of hydrogen-bond donors (Lipinski definition) is 1. The van der Waals surface area contributed by atoms with Crippen molar-refractivity contribution in [1.29, 1.82) is 0 Å². The van der Waals surface area contributed by atoms with Crippen LogP contribution in [0.4, 0.5) is 0 Å². The molecule has 0 heterocycles. The fraction of sp³-hybridized carbons (Fsp3) is 0.500. The molecule has 1 aromatic rings. The van der Waals surface area contributed by atoms with Crippen LogP contribution in [0.2, 0.25) is 0 Å². The predicted molar refractivity (Wildman–Crippen MR) is 65.9 cm³/mol. The Balaban J connectivity index is 2.81. The van der Waals surface area contributed by atoms with Gasteiger partial charge in [0.15, 0.2) is 9.84 Å². The molecule has 0 unspecified atom stereocenters. The van der Waals surface area contributed by atoms with Crippen molar-refractivity contribution in [3.05, 3.63) is 30.3 Å². The summed E-state index contributed by atoms with van der Waals surface area (Å²) in [5, 5.41) is 0. The minimum Gasteiger partial charge on any atom is -0.327 e. The molecular formula is C12H19NO2S. The molecule has 2 atom stereocenters. The maximum atomic E-state index is 12.0. The van der Waals surface area contributed by atoms with Crippen molar-refractivity contribution in [2.75, 3.05) is 5.75 Å². The molecule has 1 rings (SSSR count). The summed E-state index contributed by atoms with van der Waals surface area (Å²) in [4.78, 5) is 0.380. The molecule has 0 aliphatic heterocycles. The fourth-order valence-corrected chi connectivity index (χ4v) is 3.30. The Bertz CT molecular complexity index is 414. The second kappa shape index (κ2) is 5.46. The minimum atomic E-state index is -3.19. The molecule has 0 bridgehead atoms. The van der Waals surface area contributed by atoms with Crippen LogP contribution in [0.3, 0.4) is 0 Å². The van der Waals surface area contributed by atoms with Gasteiger partial charge in [-0.2, -0.15) is 0 Å². The first-order chi connectivity index (χ1) is 7.47. The van der Waals surface area contributed by atoms with E-state index in [1.54, 1.807) is 30.3 Å². The van der Waals surface area contributed by atoms with Crippen molar-refractivity contribution in [3.63, 3.8) is 0 Å². The summed E-state index contributed by atoms with van der Waals surface area (Å²) in [6, 6.07) is 8.46. The van der Waals surface area contributed by atoms with Gasteiger partial charge in [-0.25, -0.2) is 8.42 Å². The topological polar surface area (TPSA) is 60.2 Å². The molecule has 0 amide bonds. The average Bonchev–Trinajstić information content (AvgIpc) is 2.28. The third kappa shape index (κ3) is 3.32. The molecule has 90 valence electrons. The van der Waals surface area contributed by atoms with Gasteiger partial charge in [-0.3, -0.25) is 0 Å². The van der Waals surface area contributed by atoms with Gasteiger partial charge in [0.1, 0.15) is 0 Å². The van der Waals surface area contributed by atoms with E-state index in [2.05, 4.69) is 0 Å². The summed E-state index contributed by atoms with van der Waals surface area (Å²) in [7, 11) is -3.19. The molecule has 0 aromatic heterocycles. The molecule has 0 aliphatic rings. The van der Waals surface area contributed by atoms with Crippen LogP contribution in [0.1, 0.15) is 20.3 Å². The van der Waals surface area contributed by atoms with E-state index in [9.17, 15) is 8.42 Å². The molecule has 0 saturated carbocycles. The standard InChI is InChI=1S/C12H19NO2S/c1-3-12(13)10(2)9-16(14,15)11-7-5-4-6-8-11/h4-8,10,12H,3,9,13H2,1-2H3/t10-,12-/m1/s1. The van der Waals surface area contributed by atoms with Gasteiger partial charge in [-0.05, 0) is 24.5 Å². The van der Waals surface area contributed by atoms with E-state index in [1.165, 1.54) is 0 Å². The Morgan fingerprint density at radius 3 is 2.31 bits per heavy atom. The van der Waals surface area contributed by atoms with Crippen LogP contribution in [0.5, 0.6) is 0 Å². The number of hydrogen-bond acceptors (Lipinski definition) is 3. The minimum absolute atomic E-state index is 0.0183. The lowest BCUT2D eigenvalue weighted by Crippen LogP contribution is -2.32. The Morgan fingerprint density at radius 1 is 1.25 bits per heavy atom. The lowest BCUT2D eigenvalue weighted by Gasteiger charge is -2.18. The predicted octanol–water partition coefficient (Wildman–Crippen LogP) is 1.83. The third-order valence-electron chi connectivity index (χ3n) is 2.79. The molecule has 0 saturated heterocycles. The maximum Gasteiger partial charge on any atom is 0.178 e. The van der Waals surface area contributed by atoms with Crippen LogP contribution in [0.15, 0.2) is 35.2 Å². The van der Waals surface area contributed by atoms with Crippen molar-refractivity contribution in [1.82, 2.24) is 0 Å². The van der Waals surface area contributed by atoms with Crippen LogP contribution < -0.4 is 5.73 Å². The highest BCUT2D eigenvalue weighted by Gasteiger charge is 2.21. The second-order valence-electron chi connectivity index (χ2n) is 4.14. The molecule has 0 aliphatic carbocycles. The lowest BCUT2D eigenvalue weighted by molar-refractivity contribution is 0.474. The second-order valence-corrected chi connectivity index (χ2v) is 6.18. The Morgan fingerprint density at radius 2 is 1.81 bits per heavy atom. The summed E-state index contributed by atoms with van der Waals surface area (Å²) in [6.07, 6.45) is 0.797. The van der Waals surface area contributed by atoms with Crippen LogP contribution in [-0.4, -0.2) is 20.2 Å². The first-order valence-electron chi connectivity index (χ1n) is 5.50. The van der Waals surface area contributed by atoms with Crippen molar-refractivity contribution in [2.24, 2.45) is 11.7 Å². The molecule has 1 aromatic carbocycles. The number of sulfone groups is 1. The van der Waals surface area contributed by atoms with Gasteiger partial charge in [0.25, 0.3) is 0 Å². The normalized spacial score (nSPS) is 15.7. The van der Waals surface area contributed by atoms with Crippen LogP contribution in [0, 0.1) is 5.92 Å². The largest absolute Gasteiger partial charge is 0.327 e. The number of rotatable bonds is 5. The van der Waals surface area contributed by atoms with E-state index < -0.39 is 9.84 Å². The van der Waals surface area contributed by atoms with Gasteiger partial charge in [-0.1, -0.05) is 32.0 Å². The lowest BCUT2D eigenvalue weighted by atomic mass is 10.0. The van der Waals surface area contributed by atoms with E-state index in [0.29, 0.717) is 4.90 Å². The summed E-state index contributed by atoms with van der Waals surface area (Å²) in [6.45, 7) is 3.85. The monoisotopic (exact) mass is 241 g/mol. The van der Waals surface area contributed by atoms with Crippen LogP contribution >= 0.6 is 0 Å². The Labute approximate surface area is 97.6 Å². The number of benzene rings is 1. The van der Waals surface area contributed by atoms with E-state index in [4.69, 9.17) is 5.73 Å². The zero-order valence-electron chi connectivity index (χ0n) is 9.76. The van der Waals surface area contributed by atoms with Gasteiger partial charge in [0.05, 0.1) is 10.6 Å². The van der Waals surface area contributed by atoms with Crippen LogP contribution in [-0.2, 0) is 9.84 Å². The maximum absolute atomic E-state index is 12.0. The molecule has 4 heteroatoms. The highest BCUT2D eigenvalue weighted by atomic mass is 32.2. The Kier molecular flexibility index (Phi) is 4.50. The summed E-state index contributed by atoms with van der Waals surface area (Å²) >= 11 is 0. The van der Waals surface area contributed by atoms with Crippen molar-refractivity contribution < 1.29 is 8.42 Å². The Hall–Kier alpha value is -0.870. The van der Waals surface area contributed by atoms with E-state index in [1.807, 2.05) is 13.8 Å². The molecule has 0 fully saturated rings. The van der Waals surface area contributed by atoms with Crippen LogP contribution in [0.25, 0.3) is 0 Å². The average molecular weight is 241 g/mol. The summed E-state index contributed by atoms with van der Waals surface area (Å²) in [5.41, 5.74) is 5.84. The van der Waals surface area contributed by atoms with Gasteiger partial charge < -0.3 is 5.73 Å². The van der Waals surface area contributed by atoms with E-state index in [-0.39, 0.29) is 17.7 Å². The van der Waals surface area contributed by atoms with Gasteiger partial charge in [0, 0.05) is 6.04 Å². The van der Waals surface area contributed by atoms with Gasteiger partial charge in [-0.15, -0.1) is 0 Å². The molecule has 2 N–H and O–H groups in total. The molecule has 16 heavy (non-hydrogen) atoms. The van der Waals surface area contributed by atoms with E-state index in [0.717, 1.165) is 6.42 Å². The van der Waals surface area contributed by atoms with Crippen molar-refractivity contribution >= 4 is 9.84 Å². The molecule has 0 spiro atoms. The molecular weight excluding hydrogens is 222 g/mol. The number of nitrogens with two attached hydrogens (primary N) is 1. The fourth-order valence-electron chi connectivity index (χ4n) is 1.60. The van der Waals surface area contributed by atoms with Gasteiger partial charge in [0.2, 0.25) is 0 Å². The summed E-state index contributed by atoms with van der Waals surface area (Å²) in [5.74, 6) is 0.0988. The first kappa shape index (κ1) is 13.2. The third-order valence-corrected chi connectivity index (χ3v) is 4.74. The summed E-state index contributed by atoms with van der Waals surface area (Å²) < 4.78 is 24.0. The quantitative estimate of drug-likeness (QED) is 0.855. The van der Waals surface area contributed by atoms with E-state index >= 15 is 0 Å².